The lowest BCUT2D eigenvalue weighted by atomic mass is 10.1. The van der Waals surface area contributed by atoms with E-state index in [9.17, 15) is 32.3 Å². The summed E-state index contributed by atoms with van der Waals surface area (Å²) in [5, 5.41) is 12.1. The van der Waals surface area contributed by atoms with Crippen molar-refractivity contribution in [2.24, 2.45) is 0 Å². The topological polar surface area (TPSA) is 105 Å². The van der Waals surface area contributed by atoms with E-state index < -0.39 is 36.3 Å². The molecule has 2 amide bonds. The standard InChI is InChI=1S/C20H19ClF4N4O4/c1-19(2,32)18(31)28-14-12-8-29(16(30)11(12)3-4-26-14)7-10-5-13(21)15(27-6-10)33-9-20(24,25)17(22)23/h3-6,17,32H,7-9H2,1-2H3,(H,26,28,31). The minimum atomic E-state index is -4.36. The summed E-state index contributed by atoms with van der Waals surface area (Å²) in [4.78, 5) is 34.1. The van der Waals surface area contributed by atoms with Crippen molar-refractivity contribution < 1.29 is 37.0 Å². The minimum absolute atomic E-state index is 0.0204. The van der Waals surface area contributed by atoms with Gasteiger partial charge in [0, 0.05) is 30.1 Å². The van der Waals surface area contributed by atoms with E-state index in [1.54, 1.807) is 0 Å². The molecule has 0 aromatic carbocycles. The SMILES string of the molecule is CC(C)(O)C(=O)Nc1nccc2c1CN(Cc1cnc(OCC(F)(F)C(F)F)c(Cl)c1)C2=O. The maximum Gasteiger partial charge on any atom is 0.340 e. The molecule has 1 aliphatic rings. The first-order chi connectivity index (χ1) is 15.3. The maximum atomic E-state index is 13.0. The Morgan fingerprint density at radius 3 is 2.67 bits per heavy atom. The highest BCUT2D eigenvalue weighted by molar-refractivity contribution is 6.31. The lowest BCUT2D eigenvalue weighted by Gasteiger charge is -2.18. The molecular weight excluding hydrogens is 472 g/mol. The summed E-state index contributed by atoms with van der Waals surface area (Å²) in [5.41, 5.74) is -0.472. The number of hydrogen-bond acceptors (Lipinski definition) is 6. The first-order valence-electron chi connectivity index (χ1n) is 9.54. The lowest BCUT2D eigenvalue weighted by molar-refractivity contribution is -0.148. The number of amides is 2. The van der Waals surface area contributed by atoms with Crippen molar-refractivity contribution in [2.45, 2.75) is 44.9 Å². The average molecular weight is 491 g/mol. The predicted molar refractivity (Wildman–Crippen MR) is 108 cm³/mol. The zero-order valence-electron chi connectivity index (χ0n) is 17.4. The van der Waals surface area contributed by atoms with Crippen LogP contribution in [0.3, 0.4) is 0 Å². The van der Waals surface area contributed by atoms with Gasteiger partial charge in [-0.15, -0.1) is 0 Å². The molecule has 0 aliphatic carbocycles. The van der Waals surface area contributed by atoms with Crippen LogP contribution in [0.25, 0.3) is 0 Å². The number of fused-ring (bicyclic) bond motifs is 1. The molecule has 0 atom stereocenters. The smallest absolute Gasteiger partial charge is 0.340 e. The van der Waals surface area contributed by atoms with Gasteiger partial charge >= 0.3 is 12.3 Å². The predicted octanol–water partition coefficient (Wildman–Crippen LogP) is 3.27. The number of anilines is 1. The Labute approximate surface area is 190 Å². The Bertz CT molecular complexity index is 1080. The third-order valence-electron chi connectivity index (χ3n) is 4.67. The molecule has 2 aromatic rings. The van der Waals surface area contributed by atoms with Gasteiger partial charge in [-0.1, -0.05) is 11.6 Å². The number of pyridine rings is 2. The summed E-state index contributed by atoms with van der Waals surface area (Å²) in [6.07, 6.45) is -1.33. The lowest BCUT2D eigenvalue weighted by Crippen LogP contribution is -2.37. The zero-order valence-corrected chi connectivity index (χ0v) is 18.2. The fourth-order valence-corrected chi connectivity index (χ4v) is 3.13. The number of halogens is 5. The summed E-state index contributed by atoms with van der Waals surface area (Å²) >= 11 is 5.97. The molecule has 0 fully saturated rings. The van der Waals surface area contributed by atoms with E-state index in [2.05, 4.69) is 20.0 Å². The van der Waals surface area contributed by atoms with Crippen LogP contribution in [-0.2, 0) is 17.9 Å². The number of aliphatic hydroxyl groups is 1. The molecule has 0 spiro atoms. The molecule has 0 saturated heterocycles. The van der Waals surface area contributed by atoms with Gasteiger partial charge in [0.2, 0.25) is 5.88 Å². The third kappa shape index (κ3) is 5.50. The normalized spacial score (nSPS) is 14.0. The van der Waals surface area contributed by atoms with Crippen molar-refractivity contribution in [3.8, 4) is 5.88 Å². The van der Waals surface area contributed by atoms with Gasteiger partial charge in [-0.2, -0.15) is 8.78 Å². The van der Waals surface area contributed by atoms with Gasteiger partial charge < -0.3 is 20.1 Å². The maximum absolute atomic E-state index is 13.0. The molecule has 3 heterocycles. The second-order valence-electron chi connectivity index (χ2n) is 7.84. The molecule has 33 heavy (non-hydrogen) atoms. The van der Waals surface area contributed by atoms with E-state index in [0.29, 0.717) is 16.7 Å². The summed E-state index contributed by atoms with van der Waals surface area (Å²) in [6.45, 7) is 1.12. The van der Waals surface area contributed by atoms with Crippen LogP contribution < -0.4 is 10.1 Å². The van der Waals surface area contributed by atoms with E-state index in [1.165, 1.54) is 43.3 Å². The molecule has 0 bridgehead atoms. The quantitative estimate of drug-likeness (QED) is 0.550. The van der Waals surface area contributed by atoms with Crippen molar-refractivity contribution in [3.05, 3.63) is 46.2 Å². The fraction of sp³-hybridized carbons (Fsp3) is 0.400. The largest absolute Gasteiger partial charge is 0.470 e. The van der Waals surface area contributed by atoms with Crippen LogP contribution in [-0.4, -0.2) is 56.3 Å². The number of nitrogens with one attached hydrogen (secondary N) is 1. The Balaban J connectivity index is 1.71. The molecular formula is C20H19ClF4N4O4. The van der Waals surface area contributed by atoms with Crippen molar-refractivity contribution in [2.75, 3.05) is 11.9 Å². The fourth-order valence-electron chi connectivity index (χ4n) is 2.89. The minimum Gasteiger partial charge on any atom is -0.470 e. The third-order valence-corrected chi connectivity index (χ3v) is 4.94. The summed E-state index contributed by atoms with van der Waals surface area (Å²) in [7, 11) is 0. The van der Waals surface area contributed by atoms with Crippen LogP contribution in [0.2, 0.25) is 5.02 Å². The number of aromatic nitrogens is 2. The Kier molecular flexibility index (Phi) is 6.80. The summed E-state index contributed by atoms with van der Waals surface area (Å²) < 4.78 is 55.2. The Morgan fingerprint density at radius 1 is 1.36 bits per heavy atom. The Morgan fingerprint density at radius 2 is 2.06 bits per heavy atom. The second-order valence-corrected chi connectivity index (χ2v) is 8.25. The van der Waals surface area contributed by atoms with Gasteiger partial charge in [-0.3, -0.25) is 9.59 Å². The number of ether oxygens (including phenoxy) is 1. The first-order valence-corrected chi connectivity index (χ1v) is 9.91. The molecule has 2 N–H and O–H groups in total. The number of carbonyl (C=O) groups is 2. The van der Waals surface area contributed by atoms with Crippen molar-refractivity contribution in [1.29, 1.82) is 0 Å². The highest BCUT2D eigenvalue weighted by Gasteiger charge is 2.42. The highest BCUT2D eigenvalue weighted by Crippen LogP contribution is 2.31. The molecule has 178 valence electrons. The van der Waals surface area contributed by atoms with Gasteiger partial charge in [0.25, 0.3) is 11.8 Å². The van der Waals surface area contributed by atoms with Gasteiger partial charge in [-0.25, -0.2) is 18.7 Å². The van der Waals surface area contributed by atoms with Crippen LogP contribution >= 0.6 is 11.6 Å². The molecule has 0 saturated carbocycles. The highest BCUT2D eigenvalue weighted by atomic mass is 35.5. The van der Waals surface area contributed by atoms with E-state index in [4.69, 9.17) is 11.6 Å². The van der Waals surface area contributed by atoms with Crippen LogP contribution in [0, 0.1) is 0 Å². The summed E-state index contributed by atoms with van der Waals surface area (Å²) in [6, 6.07) is 2.80. The summed E-state index contributed by atoms with van der Waals surface area (Å²) in [5.74, 6) is -5.73. The molecule has 0 radical (unpaired) electrons. The van der Waals surface area contributed by atoms with Crippen LogP contribution in [0.15, 0.2) is 24.5 Å². The van der Waals surface area contributed by atoms with Crippen LogP contribution in [0.4, 0.5) is 23.4 Å². The molecule has 13 heteroatoms. The van der Waals surface area contributed by atoms with Crippen molar-refractivity contribution in [1.82, 2.24) is 14.9 Å². The monoisotopic (exact) mass is 490 g/mol. The molecule has 1 aliphatic heterocycles. The molecule has 2 aromatic heterocycles. The van der Waals surface area contributed by atoms with E-state index in [-0.39, 0.29) is 29.8 Å². The Hall–Kier alpha value is -2.99. The zero-order chi connectivity index (χ0) is 24.6. The van der Waals surface area contributed by atoms with Crippen molar-refractivity contribution >= 4 is 29.2 Å². The molecule has 0 unspecified atom stereocenters. The van der Waals surface area contributed by atoms with Gasteiger partial charge in [0.15, 0.2) is 6.61 Å². The van der Waals surface area contributed by atoms with E-state index >= 15 is 0 Å². The van der Waals surface area contributed by atoms with Crippen LogP contribution in [0.1, 0.15) is 35.3 Å². The molecule has 3 rings (SSSR count). The first kappa shape index (κ1) is 24.6. The number of rotatable bonds is 8. The van der Waals surface area contributed by atoms with Gasteiger partial charge in [0.05, 0.1) is 6.54 Å². The van der Waals surface area contributed by atoms with Crippen LogP contribution in [0.5, 0.6) is 5.88 Å². The number of carbonyl (C=O) groups excluding carboxylic acids is 2. The van der Waals surface area contributed by atoms with Gasteiger partial charge in [0.1, 0.15) is 16.4 Å². The van der Waals surface area contributed by atoms with E-state index in [0.717, 1.165) is 0 Å². The van der Waals surface area contributed by atoms with Gasteiger partial charge in [-0.05, 0) is 31.5 Å². The average Bonchev–Trinajstić information content (AvgIpc) is 3.03. The number of alkyl halides is 4. The second kappa shape index (κ2) is 9.10. The van der Waals surface area contributed by atoms with E-state index in [1.807, 2.05) is 0 Å². The number of hydrogen-bond donors (Lipinski definition) is 2. The molecule has 8 nitrogen and oxygen atoms in total. The number of nitrogens with zero attached hydrogens (tertiary/aromatic N) is 3. The van der Waals surface area contributed by atoms with Crippen molar-refractivity contribution in [3.63, 3.8) is 0 Å².